The van der Waals surface area contributed by atoms with Crippen LogP contribution in [0.2, 0.25) is 0 Å². The Morgan fingerprint density at radius 3 is 2.32 bits per heavy atom. The van der Waals surface area contributed by atoms with E-state index in [2.05, 4.69) is 10.6 Å². The number of fused-ring (bicyclic) bond motifs is 2. The molecule has 0 bridgehead atoms. The molecule has 0 amide bonds. The molecule has 4 aromatic rings. The Kier molecular flexibility index (Phi) is 4.43. The van der Waals surface area contributed by atoms with Gasteiger partial charge in [0, 0.05) is 36.4 Å². The fourth-order valence-corrected chi connectivity index (χ4v) is 3.58. The number of nitrogens with zero attached hydrogens (tertiary/aromatic N) is 2. The molecule has 28 heavy (non-hydrogen) atoms. The van der Waals surface area contributed by atoms with Gasteiger partial charge in [-0.05, 0) is 49.1 Å². The topological polar surface area (TPSA) is 80.1 Å². The van der Waals surface area contributed by atoms with Gasteiger partial charge in [-0.15, -0.1) is 4.57 Å². The highest BCUT2D eigenvalue weighted by atomic mass is 16.4. The first-order valence-corrected chi connectivity index (χ1v) is 9.26. The normalized spacial score (nSPS) is 11.2. The smallest absolute Gasteiger partial charge is 0.303 e. The van der Waals surface area contributed by atoms with Gasteiger partial charge >= 0.3 is 5.97 Å². The van der Waals surface area contributed by atoms with E-state index in [9.17, 15) is 4.79 Å². The minimum absolute atomic E-state index is 0.102. The highest BCUT2D eigenvalue weighted by Crippen LogP contribution is 2.24. The minimum Gasteiger partial charge on any atom is -0.481 e. The van der Waals surface area contributed by atoms with Gasteiger partial charge in [0.1, 0.15) is 11.0 Å². The number of nitrogen functional groups attached to an aromatic ring is 1. The summed E-state index contributed by atoms with van der Waals surface area (Å²) < 4.78 is 2.15. The van der Waals surface area contributed by atoms with Crippen molar-refractivity contribution in [1.82, 2.24) is 4.98 Å². The van der Waals surface area contributed by atoms with Crippen molar-refractivity contribution in [2.75, 3.05) is 5.73 Å². The van der Waals surface area contributed by atoms with Crippen molar-refractivity contribution >= 4 is 33.7 Å². The van der Waals surface area contributed by atoms with Gasteiger partial charge in [-0.2, -0.15) is 0 Å². The zero-order valence-corrected chi connectivity index (χ0v) is 15.9. The third-order valence-corrected chi connectivity index (χ3v) is 5.14. The first-order chi connectivity index (χ1) is 13.4. The molecule has 4 rings (SSSR count). The molecule has 3 N–H and O–H groups in total. The molecular weight excluding hydrogens is 350 g/mol. The van der Waals surface area contributed by atoms with E-state index in [1.54, 1.807) is 0 Å². The predicted octanol–water partition coefficient (Wildman–Crippen LogP) is 3.88. The molecule has 0 aliphatic carbocycles. The van der Waals surface area contributed by atoms with Gasteiger partial charge in [0.15, 0.2) is 0 Å². The van der Waals surface area contributed by atoms with Crippen molar-refractivity contribution < 1.29 is 14.5 Å². The van der Waals surface area contributed by atoms with Gasteiger partial charge < -0.3 is 10.8 Å². The van der Waals surface area contributed by atoms with Crippen molar-refractivity contribution in [3.8, 4) is 5.69 Å². The van der Waals surface area contributed by atoms with Crippen LogP contribution in [-0.2, 0) is 11.2 Å². The van der Waals surface area contributed by atoms with E-state index in [4.69, 9.17) is 15.8 Å². The summed E-state index contributed by atoms with van der Waals surface area (Å²) in [6.45, 7) is 3.98. The molecule has 0 saturated heterocycles. The van der Waals surface area contributed by atoms with Crippen LogP contribution in [0.15, 0.2) is 54.6 Å². The molecule has 3 aromatic carbocycles. The van der Waals surface area contributed by atoms with Crippen LogP contribution in [-0.4, -0.2) is 16.1 Å². The monoisotopic (exact) mass is 372 g/mol. The number of para-hydroxylation sites is 1. The summed E-state index contributed by atoms with van der Waals surface area (Å²) in [4.78, 5) is 15.9. The number of carbonyl (C=O) groups is 1. The molecule has 5 nitrogen and oxygen atoms in total. The number of aryl methyl sites for hydroxylation is 3. The maximum atomic E-state index is 11.0. The number of anilines is 1. The minimum atomic E-state index is -0.796. The highest BCUT2D eigenvalue weighted by Gasteiger charge is 2.21. The molecule has 0 radical (unpaired) electrons. The molecule has 0 aliphatic heterocycles. The van der Waals surface area contributed by atoms with Crippen LogP contribution in [0, 0.1) is 13.8 Å². The lowest BCUT2D eigenvalue weighted by Gasteiger charge is -2.10. The lowest BCUT2D eigenvalue weighted by atomic mass is 10.0. The van der Waals surface area contributed by atoms with Crippen LogP contribution >= 0.6 is 0 Å². The zero-order valence-electron chi connectivity index (χ0n) is 15.9. The summed E-state index contributed by atoms with van der Waals surface area (Å²) in [5.41, 5.74) is 14.6. The van der Waals surface area contributed by atoms with Crippen LogP contribution < -0.4 is 10.3 Å². The Balaban J connectivity index is 2.09. The van der Waals surface area contributed by atoms with Gasteiger partial charge in [-0.1, -0.05) is 18.2 Å². The Hall–Kier alpha value is -3.47. The van der Waals surface area contributed by atoms with Crippen molar-refractivity contribution in [2.24, 2.45) is 0 Å². The third-order valence-electron chi connectivity index (χ3n) is 5.14. The average Bonchev–Trinajstić information content (AvgIpc) is 2.66. The van der Waals surface area contributed by atoms with Crippen LogP contribution in [0.1, 0.15) is 23.1 Å². The van der Waals surface area contributed by atoms with E-state index in [-0.39, 0.29) is 6.42 Å². The molecule has 0 unspecified atom stereocenters. The number of nitrogens with two attached hydrogens (primary N) is 1. The summed E-state index contributed by atoms with van der Waals surface area (Å²) in [5.74, 6) is -0.796. The van der Waals surface area contributed by atoms with E-state index >= 15 is 0 Å². The Morgan fingerprint density at radius 2 is 1.64 bits per heavy atom. The van der Waals surface area contributed by atoms with Crippen LogP contribution in [0.4, 0.5) is 5.69 Å². The molecule has 0 aliphatic rings. The number of carboxylic acid groups (broad SMARTS) is 1. The van der Waals surface area contributed by atoms with Gasteiger partial charge in [0.25, 0.3) is 0 Å². The van der Waals surface area contributed by atoms with Gasteiger partial charge in [-0.25, -0.2) is 4.98 Å². The molecule has 0 atom stereocenters. The number of benzene rings is 3. The zero-order chi connectivity index (χ0) is 19.8. The van der Waals surface area contributed by atoms with E-state index < -0.39 is 5.97 Å². The van der Waals surface area contributed by atoms with Gasteiger partial charge in [0.2, 0.25) is 16.7 Å². The fraction of sp³-hybridized carbons (Fsp3) is 0.174. The number of hydrogen-bond acceptors (Lipinski definition) is 3. The Morgan fingerprint density at radius 1 is 1.00 bits per heavy atom. The number of carboxylic acids is 1. The van der Waals surface area contributed by atoms with Crippen molar-refractivity contribution in [3.63, 3.8) is 0 Å². The quantitative estimate of drug-likeness (QED) is 0.324. The maximum absolute atomic E-state index is 11.0. The lowest BCUT2D eigenvalue weighted by Crippen LogP contribution is -2.33. The fourth-order valence-electron chi connectivity index (χ4n) is 3.58. The second kappa shape index (κ2) is 6.93. The molecule has 0 saturated carbocycles. The number of hydrogen-bond donors (Lipinski definition) is 2. The van der Waals surface area contributed by atoms with Crippen LogP contribution in [0.25, 0.3) is 27.8 Å². The summed E-state index contributed by atoms with van der Waals surface area (Å²) >= 11 is 0. The third kappa shape index (κ3) is 3.16. The molecule has 140 valence electrons. The summed E-state index contributed by atoms with van der Waals surface area (Å²) in [6.07, 6.45) is 0.588. The van der Waals surface area contributed by atoms with Crippen molar-refractivity contribution in [3.05, 3.63) is 71.3 Å². The Labute approximate surface area is 163 Å². The standard InChI is InChI=1S/C23H21N3O2/c1-14-10-19-21(12-16(14)8-9-23(27)28)26(17-6-4-3-5-7-17)22-13-18(24)15(2)11-20(22)25-19/h3-7,10-13,24H,8-9H2,1-2H3,(H,27,28)/p+1. The number of aliphatic carboxylic acids is 1. The first kappa shape index (κ1) is 17.9. The summed E-state index contributed by atoms with van der Waals surface area (Å²) in [6, 6.07) is 18.1. The number of aromatic nitrogens is 2. The van der Waals surface area contributed by atoms with E-state index in [0.717, 1.165) is 50.1 Å². The average molecular weight is 372 g/mol. The van der Waals surface area contributed by atoms with E-state index in [0.29, 0.717) is 6.42 Å². The lowest BCUT2D eigenvalue weighted by molar-refractivity contribution is -0.538. The summed E-state index contributed by atoms with van der Waals surface area (Å²) in [7, 11) is 0. The molecule has 1 heterocycles. The first-order valence-electron chi connectivity index (χ1n) is 9.26. The Bertz CT molecular complexity index is 1220. The largest absolute Gasteiger partial charge is 0.481 e. The highest BCUT2D eigenvalue weighted by molar-refractivity contribution is 5.85. The van der Waals surface area contributed by atoms with E-state index in [1.807, 2.05) is 62.4 Å². The van der Waals surface area contributed by atoms with Crippen molar-refractivity contribution in [1.29, 1.82) is 0 Å². The molecule has 0 spiro atoms. The molecule has 0 fully saturated rings. The molecule has 1 aromatic heterocycles. The SMILES string of the molecule is Cc1cc2nc3cc(C)c(CCC(=O)O)cc3[n+](-c3ccccc3)c2cc1N. The van der Waals surface area contributed by atoms with Crippen LogP contribution in [0.3, 0.4) is 0 Å². The second-order valence-corrected chi connectivity index (χ2v) is 7.14. The summed E-state index contributed by atoms with van der Waals surface area (Å²) in [5, 5.41) is 9.08. The molecule has 5 heteroatoms. The van der Waals surface area contributed by atoms with Gasteiger partial charge in [-0.3, -0.25) is 4.79 Å². The van der Waals surface area contributed by atoms with Gasteiger partial charge in [0.05, 0.1) is 0 Å². The van der Waals surface area contributed by atoms with Crippen LogP contribution in [0.5, 0.6) is 0 Å². The van der Waals surface area contributed by atoms with E-state index in [1.165, 1.54) is 0 Å². The second-order valence-electron chi connectivity index (χ2n) is 7.14. The molecular formula is C23H22N3O2+. The predicted molar refractivity (Wildman–Crippen MR) is 111 cm³/mol. The maximum Gasteiger partial charge on any atom is 0.303 e. The number of rotatable bonds is 4. The van der Waals surface area contributed by atoms with Crippen molar-refractivity contribution in [2.45, 2.75) is 26.7 Å².